The molecule has 0 unspecified atom stereocenters. The molecule has 7 heteroatoms. The van der Waals surface area contributed by atoms with E-state index in [0.29, 0.717) is 19.4 Å². The first-order chi connectivity index (χ1) is 8.23. The van der Waals surface area contributed by atoms with Crippen LogP contribution in [0.15, 0.2) is 0 Å². The number of nitrogens with zero attached hydrogens (tertiary/aromatic N) is 1. The number of carboxylic acids is 1. The molecule has 0 aromatic rings. The van der Waals surface area contributed by atoms with Crippen molar-refractivity contribution in [2.24, 2.45) is 5.73 Å². The normalized spacial score (nSPS) is 19.7. The minimum atomic E-state index is -1.11. The topological polar surface area (TPSA) is 113 Å². The molecule has 4 N–H and O–H groups in total. The Labute approximate surface area is 105 Å². The maximum atomic E-state index is 12.0. The van der Waals surface area contributed by atoms with Gasteiger partial charge in [0.25, 0.3) is 0 Å². The summed E-state index contributed by atoms with van der Waals surface area (Å²) in [5.74, 6) is -1.85. The molecule has 0 spiro atoms. The maximum absolute atomic E-state index is 12.0. The number of aliphatic carboxylic acids is 1. The number of carbonyl (C=O) groups excluding carboxylic acids is 2. The van der Waals surface area contributed by atoms with Gasteiger partial charge < -0.3 is 21.1 Å². The lowest BCUT2D eigenvalue weighted by Gasteiger charge is -2.29. The maximum Gasteiger partial charge on any atom is 0.322 e. The van der Waals surface area contributed by atoms with E-state index in [9.17, 15) is 14.4 Å². The fourth-order valence-corrected chi connectivity index (χ4v) is 1.93. The van der Waals surface area contributed by atoms with Crippen LogP contribution in [0, 0.1) is 0 Å². The molecule has 7 nitrogen and oxygen atoms in total. The van der Waals surface area contributed by atoms with Crippen molar-refractivity contribution in [3.63, 3.8) is 0 Å². The van der Waals surface area contributed by atoms with Crippen LogP contribution in [0.1, 0.15) is 26.7 Å². The molecule has 2 amide bonds. The van der Waals surface area contributed by atoms with Crippen LogP contribution in [-0.4, -0.2) is 52.5 Å². The van der Waals surface area contributed by atoms with Crippen molar-refractivity contribution in [1.82, 2.24) is 10.2 Å². The van der Waals surface area contributed by atoms with E-state index in [-0.39, 0.29) is 5.91 Å². The number of amides is 2. The van der Waals surface area contributed by atoms with E-state index in [1.165, 1.54) is 4.90 Å². The molecule has 1 rings (SSSR count). The monoisotopic (exact) mass is 257 g/mol. The molecule has 1 fully saturated rings. The highest BCUT2D eigenvalue weighted by Gasteiger charge is 2.38. The zero-order chi connectivity index (χ0) is 13.9. The standard InChI is InChI=1S/C11H19N3O4/c1-11(2,12)10(18)14-5-3-4-7(14)9(17)13-6-8(15)16/h7H,3-6,12H2,1-2H3,(H,13,17)(H,15,16)/t7-/m0/s1. The van der Waals surface area contributed by atoms with Gasteiger partial charge in [-0.15, -0.1) is 0 Å². The molecule has 1 heterocycles. The molecule has 0 aromatic carbocycles. The van der Waals surface area contributed by atoms with Crippen molar-refractivity contribution in [3.05, 3.63) is 0 Å². The highest BCUT2D eigenvalue weighted by molar-refractivity contribution is 5.92. The van der Waals surface area contributed by atoms with Gasteiger partial charge in [-0.1, -0.05) is 0 Å². The smallest absolute Gasteiger partial charge is 0.322 e. The molecule has 1 aliphatic heterocycles. The Bertz CT molecular complexity index is 362. The van der Waals surface area contributed by atoms with Crippen LogP contribution >= 0.6 is 0 Å². The summed E-state index contributed by atoms with van der Waals surface area (Å²) in [6, 6.07) is -0.611. The van der Waals surface area contributed by atoms with Gasteiger partial charge in [0, 0.05) is 6.54 Å². The van der Waals surface area contributed by atoms with E-state index in [0.717, 1.165) is 0 Å². The number of hydrogen-bond acceptors (Lipinski definition) is 4. The first-order valence-electron chi connectivity index (χ1n) is 5.83. The molecule has 0 saturated carbocycles. The first-order valence-corrected chi connectivity index (χ1v) is 5.83. The fraction of sp³-hybridized carbons (Fsp3) is 0.727. The summed E-state index contributed by atoms with van der Waals surface area (Å²) in [5.41, 5.74) is 4.69. The number of carboxylic acid groups (broad SMARTS) is 1. The van der Waals surface area contributed by atoms with Gasteiger partial charge in [0.1, 0.15) is 12.6 Å². The molecule has 0 aromatic heterocycles. The number of likely N-dealkylation sites (tertiary alicyclic amines) is 1. The Balaban J connectivity index is 2.67. The average molecular weight is 257 g/mol. The second kappa shape index (κ2) is 5.34. The number of carbonyl (C=O) groups is 3. The van der Waals surface area contributed by atoms with Crippen LogP contribution in [0.5, 0.6) is 0 Å². The molecular weight excluding hydrogens is 238 g/mol. The number of nitrogens with two attached hydrogens (primary N) is 1. The Morgan fingerprint density at radius 3 is 2.56 bits per heavy atom. The zero-order valence-corrected chi connectivity index (χ0v) is 10.6. The number of hydrogen-bond donors (Lipinski definition) is 3. The van der Waals surface area contributed by atoms with Crippen molar-refractivity contribution in [2.75, 3.05) is 13.1 Å². The Morgan fingerprint density at radius 2 is 2.06 bits per heavy atom. The van der Waals surface area contributed by atoms with E-state index in [1.54, 1.807) is 13.8 Å². The largest absolute Gasteiger partial charge is 0.480 e. The summed E-state index contributed by atoms with van der Waals surface area (Å²) < 4.78 is 0. The van der Waals surface area contributed by atoms with E-state index in [1.807, 2.05) is 0 Å². The van der Waals surface area contributed by atoms with Gasteiger partial charge in [-0.25, -0.2) is 0 Å². The summed E-state index contributed by atoms with van der Waals surface area (Å²) in [4.78, 5) is 35.6. The van der Waals surface area contributed by atoms with Gasteiger partial charge in [-0.3, -0.25) is 14.4 Å². The predicted molar refractivity (Wildman–Crippen MR) is 63.6 cm³/mol. The van der Waals surface area contributed by atoms with Gasteiger partial charge in [-0.05, 0) is 26.7 Å². The lowest BCUT2D eigenvalue weighted by atomic mass is 10.0. The Morgan fingerprint density at radius 1 is 1.44 bits per heavy atom. The van der Waals surface area contributed by atoms with Crippen molar-refractivity contribution >= 4 is 17.8 Å². The van der Waals surface area contributed by atoms with E-state index in [4.69, 9.17) is 10.8 Å². The molecule has 0 aliphatic carbocycles. The molecule has 1 atom stereocenters. The minimum absolute atomic E-state index is 0.296. The highest BCUT2D eigenvalue weighted by atomic mass is 16.4. The van der Waals surface area contributed by atoms with Crippen LogP contribution < -0.4 is 11.1 Å². The fourth-order valence-electron chi connectivity index (χ4n) is 1.93. The minimum Gasteiger partial charge on any atom is -0.480 e. The quantitative estimate of drug-likeness (QED) is 0.592. The van der Waals surface area contributed by atoms with E-state index in [2.05, 4.69) is 5.32 Å². The van der Waals surface area contributed by atoms with Crippen LogP contribution in [0.25, 0.3) is 0 Å². The second-order valence-corrected chi connectivity index (χ2v) is 4.99. The Kier molecular flexibility index (Phi) is 4.28. The summed E-state index contributed by atoms with van der Waals surface area (Å²) in [6.07, 6.45) is 1.25. The van der Waals surface area contributed by atoms with Gasteiger partial charge in [0.05, 0.1) is 5.54 Å². The van der Waals surface area contributed by atoms with Gasteiger partial charge >= 0.3 is 5.97 Å². The van der Waals surface area contributed by atoms with Crippen molar-refractivity contribution in [2.45, 2.75) is 38.3 Å². The van der Waals surface area contributed by atoms with Crippen LogP contribution in [-0.2, 0) is 14.4 Å². The summed E-state index contributed by atoms with van der Waals surface area (Å²) in [6.45, 7) is 3.20. The average Bonchev–Trinajstić information content (AvgIpc) is 2.71. The number of rotatable bonds is 4. The third kappa shape index (κ3) is 3.43. The number of nitrogens with one attached hydrogen (secondary N) is 1. The molecule has 0 bridgehead atoms. The Hall–Kier alpha value is -1.63. The van der Waals surface area contributed by atoms with E-state index >= 15 is 0 Å². The summed E-state index contributed by atoms with van der Waals surface area (Å²) in [7, 11) is 0. The zero-order valence-electron chi connectivity index (χ0n) is 10.6. The van der Waals surface area contributed by atoms with E-state index < -0.39 is 30.0 Å². The van der Waals surface area contributed by atoms with Gasteiger partial charge in [0.15, 0.2) is 0 Å². The van der Waals surface area contributed by atoms with Crippen molar-refractivity contribution < 1.29 is 19.5 Å². The lowest BCUT2D eigenvalue weighted by molar-refractivity contribution is -0.143. The molecule has 18 heavy (non-hydrogen) atoms. The third-order valence-electron chi connectivity index (χ3n) is 2.78. The molecule has 102 valence electrons. The van der Waals surface area contributed by atoms with Crippen molar-refractivity contribution in [1.29, 1.82) is 0 Å². The van der Waals surface area contributed by atoms with Gasteiger partial charge in [-0.2, -0.15) is 0 Å². The first kappa shape index (κ1) is 14.4. The molecular formula is C11H19N3O4. The lowest BCUT2D eigenvalue weighted by Crippen LogP contribution is -2.55. The second-order valence-electron chi connectivity index (χ2n) is 4.99. The van der Waals surface area contributed by atoms with Gasteiger partial charge in [0.2, 0.25) is 11.8 Å². The van der Waals surface area contributed by atoms with Crippen molar-refractivity contribution in [3.8, 4) is 0 Å². The summed E-state index contributed by atoms with van der Waals surface area (Å²) in [5, 5.41) is 10.8. The predicted octanol–water partition coefficient (Wildman–Crippen LogP) is -1.08. The van der Waals surface area contributed by atoms with Crippen LogP contribution in [0.3, 0.4) is 0 Å². The third-order valence-corrected chi connectivity index (χ3v) is 2.78. The SMILES string of the molecule is CC(C)(N)C(=O)N1CCC[C@H]1C(=O)NCC(=O)O. The van der Waals surface area contributed by atoms with Crippen LogP contribution in [0.2, 0.25) is 0 Å². The summed E-state index contributed by atoms with van der Waals surface area (Å²) >= 11 is 0. The molecule has 1 aliphatic rings. The van der Waals surface area contributed by atoms with Crippen LogP contribution in [0.4, 0.5) is 0 Å². The highest BCUT2D eigenvalue weighted by Crippen LogP contribution is 2.20. The molecule has 0 radical (unpaired) electrons. The molecule has 1 saturated heterocycles.